The molecule has 0 heterocycles. The largest absolute Gasteiger partial charge is 0.462 e. The van der Waals surface area contributed by atoms with E-state index in [-0.39, 0.29) is 32.1 Å². The van der Waals surface area contributed by atoms with Crippen LogP contribution in [0.15, 0.2) is 0 Å². The van der Waals surface area contributed by atoms with Crippen LogP contribution in [0.3, 0.4) is 0 Å². The number of aliphatic hydroxyl groups is 6. The van der Waals surface area contributed by atoms with Crippen molar-refractivity contribution in [3.8, 4) is 0 Å². The zero-order valence-electron chi connectivity index (χ0n) is 36.5. The topological polar surface area (TPSA) is 177 Å². The number of ether oxygens (including phenoxy) is 2. The molecule has 0 aliphatic heterocycles. The molecule has 0 rings (SSSR count). The summed E-state index contributed by atoms with van der Waals surface area (Å²) in [5, 5.41) is 61.7. The molecule has 2 unspecified atom stereocenters. The number of unbranched alkanes of at least 4 members (excludes halogenated alkanes) is 22. The van der Waals surface area contributed by atoms with Crippen LogP contribution < -0.4 is 0 Å². The van der Waals surface area contributed by atoms with Gasteiger partial charge in [-0.05, 0) is 57.8 Å². The van der Waals surface area contributed by atoms with Gasteiger partial charge in [-0.2, -0.15) is 0 Å². The van der Waals surface area contributed by atoms with Gasteiger partial charge < -0.3 is 40.1 Å². The summed E-state index contributed by atoms with van der Waals surface area (Å²) in [5.41, 5.74) is -1.93. The standard InChI is InChI=1S/C44H88BNO10/c1-4-7-10-13-16-17-18-23-30-37-55-42(51)43(52,53)34-27-29-36-46(44(45,54)41(49)50)35-28-22-21-26-33-39(47)40(48)56-38(31-24-19-14-11-8-5-2)32-25-20-15-12-9-6-3/h38-39,41,47,49-50,52-54H,4-37,45H2,1-3H3. The number of nitrogens with zero attached hydrogens (tertiary/aromatic N) is 1. The van der Waals surface area contributed by atoms with E-state index in [0.29, 0.717) is 38.6 Å². The number of carbonyl (C=O) groups is 2. The predicted octanol–water partition coefficient (Wildman–Crippen LogP) is 7.53. The third kappa shape index (κ3) is 29.0. The second-order valence-electron chi connectivity index (χ2n) is 16.6. The van der Waals surface area contributed by atoms with Crippen molar-refractivity contribution in [1.82, 2.24) is 4.90 Å². The van der Waals surface area contributed by atoms with Crippen LogP contribution in [0.2, 0.25) is 0 Å². The molecule has 0 saturated heterocycles. The van der Waals surface area contributed by atoms with Crippen LogP contribution in [0.4, 0.5) is 0 Å². The first-order valence-electron chi connectivity index (χ1n) is 23.2. The molecule has 56 heavy (non-hydrogen) atoms. The van der Waals surface area contributed by atoms with E-state index < -0.39 is 35.7 Å². The lowest BCUT2D eigenvalue weighted by Gasteiger charge is -2.38. The summed E-state index contributed by atoms with van der Waals surface area (Å²) < 4.78 is 11.0. The van der Waals surface area contributed by atoms with Crippen molar-refractivity contribution >= 4 is 19.8 Å². The van der Waals surface area contributed by atoms with Gasteiger partial charge in [0.2, 0.25) is 0 Å². The van der Waals surface area contributed by atoms with Gasteiger partial charge >= 0.3 is 11.9 Å². The Morgan fingerprint density at radius 2 is 0.946 bits per heavy atom. The summed E-state index contributed by atoms with van der Waals surface area (Å²) in [7, 11) is 1.32. The zero-order chi connectivity index (χ0) is 41.9. The molecule has 0 aliphatic rings. The Labute approximate surface area is 343 Å². The molecule has 2 atom stereocenters. The Morgan fingerprint density at radius 1 is 0.554 bits per heavy atom. The fourth-order valence-electron chi connectivity index (χ4n) is 7.12. The summed E-state index contributed by atoms with van der Waals surface area (Å²) >= 11 is 0. The first-order chi connectivity index (χ1) is 26.8. The van der Waals surface area contributed by atoms with E-state index >= 15 is 0 Å². The average molecular weight is 802 g/mol. The highest BCUT2D eigenvalue weighted by atomic mass is 16.6. The van der Waals surface area contributed by atoms with Gasteiger partial charge in [0, 0.05) is 19.5 Å². The van der Waals surface area contributed by atoms with Crippen LogP contribution in [0.1, 0.15) is 220 Å². The van der Waals surface area contributed by atoms with Gasteiger partial charge in [0.1, 0.15) is 11.7 Å². The molecule has 0 spiro atoms. The summed E-state index contributed by atoms with van der Waals surface area (Å²) in [5.74, 6) is -4.21. The molecule has 0 fully saturated rings. The van der Waals surface area contributed by atoms with Crippen LogP contribution in [-0.2, 0) is 19.1 Å². The van der Waals surface area contributed by atoms with Crippen molar-refractivity contribution in [2.75, 3.05) is 19.7 Å². The Kier molecular flexibility index (Phi) is 34.8. The molecule has 0 saturated carbocycles. The molecule has 6 N–H and O–H groups in total. The molecule has 0 aromatic carbocycles. The summed E-state index contributed by atoms with van der Waals surface area (Å²) in [6, 6.07) is 0. The quantitative estimate of drug-likeness (QED) is 0.0156. The van der Waals surface area contributed by atoms with Crippen LogP contribution in [0.5, 0.6) is 0 Å². The van der Waals surface area contributed by atoms with E-state index in [9.17, 15) is 40.2 Å². The van der Waals surface area contributed by atoms with Crippen LogP contribution in [0, 0.1) is 0 Å². The van der Waals surface area contributed by atoms with E-state index in [1.807, 2.05) is 0 Å². The van der Waals surface area contributed by atoms with Crippen molar-refractivity contribution in [2.24, 2.45) is 0 Å². The highest BCUT2D eigenvalue weighted by Gasteiger charge is 2.37. The maximum Gasteiger partial charge on any atom is 0.366 e. The number of aliphatic hydroxyl groups excluding tert-OH is 2. The Bertz CT molecular complexity index is 906. The van der Waals surface area contributed by atoms with Crippen molar-refractivity contribution in [1.29, 1.82) is 0 Å². The van der Waals surface area contributed by atoms with Gasteiger partial charge in [-0.1, -0.05) is 156 Å². The molecular weight excluding hydrogens is 713 g/mol. The third-order valence-electron chi connectivity index (χ3n) is 11.1. The molecule has 0 aromatic rings. The van der Waals surface area contributed by atoms with E-state index in [2.05, 4.69) is 20.8 Å². The smallest absolute Gasteiger partial charge is 0.366 e. The summed E-state index contributed by atoms with van der Waals surface area (Å²) in [6.45, 7) is 7.34. The summed E-state index contributed by atoms with van der Waals surface area (Å²) in [4.78, 5) is 26.7. The van der Waals surface area contributed by atoms with Crippen molar-refractivity contribution < 1.29 is 49.7 Å². The Morgan fingerprint density at radius 3 is 1.41 bits per heavy atom. The molecule has 0 radical (unpaired) electrons. The maximum absolute atomic E-state index is 12.8. The lowest BCUT2D eigenvalue weighted by molar-refractivity contribution is -0.213. The SMILES string of the molecule is BC(O)(C(O)O)N(CCCCCCC(O)C(=O)OC(CCCCCCCC)CCCCCCCC)CCCCC(O)(O)C(=O)OCCCCCCCCCCC. The first-order valence-corrected chi connectivity index (χ1v) is 23.2. The van der Waals surface area contributed by atoms with E-state index in [1.165, 1.54) is 96.2 Å². The number of hydrogen-bond acceptors (Lipinski definition) is 11. The highest BCUT2D eigenvalue weighted by Crippen LogP contribution is 2.21. The predicted molar refractivity (Wildman–Crippen MR) is 227 cm³/mol. The van der Waals surface area contributed by atoms with Gasteiger partial charge in [-0.15, -0.1) is 0 Å². The molecule has 0 bridgehead atoms. The third-order valence-corrected chi connectivity index (χ3v) is 11.1. The molecule has 11 nitrogen and oxygen atoms in total. The van der Waals surface area contributed by atoms with Gasteiger partial charge in [-0.25, -0.2) is 9.59 Å². The molecular formula is C44H88BNO10. The highest BCUT2D eigenvalue weighted by molar-refractivity contribution is 6.14. The molecule has 0 aliphatic carbocycles. The van der Waals surface area contributed by atoms with Crippen LogP contribution >= 0.6 is 0 Å². The zero-order valence-corrected chi connectivity index (χ0v) is 36.5. The van der Waals surface area contributed by atoms with E-state index in [1.54, 1.807) is 0 Å². The van der Waals surface area contributed by atoms with Gasteiger partial charge in [0.25, 0.3) is 5.79 Å². The minimum absolute atomic E-state index is 0.144. The number of hydrogen-bond donors (Lipinski definition) is 6. The normalized spacial score (nSPS) is 13.8. The molecule has 332 valence electrons. The van der Waals surface area contributed by atoms with E-state index in [0.717, 1.165) is 70.6 Å². The number of carbonyl (C=O) groups excluding carboxylic acids is 2. The Balaban J connectivity index is 4.58. The molecule has 0 aromatic heterocycles. The average Bonchev–Trinajstić information content (AvgIpc) is 3.16. The second-order valence-corrected chi connectivity index (χ2v) is 16.6. The first kappa shape index (κ1) is 54.7. The molecule has 0 amide bonds. The second kappa shape index (κ2) is 35.7. The summed E-state index contributed by atoms with van der Waals surface area (Å²) in [6.07, 6.45) is 26.0. The number of rotatable bonds is 41. The minimum Gasteiger partial charge on any atom is -0.462 e. The van der Waals surface area contributed by atoms with Crippen molar-refractivity contribution in [3.05, 3.63) is 0 Å². The van der Waals surface area contributed by atoms with E-state index in [4.69, 9.17) is 9.47 Å². The molecule has 12 heteroatoms. The maximum atomic E-state index is 12.8. The minimum atomic E-state index is -2.61. The fourth-order valence-corrected chi connectivity index (χ4v) is 7.12. The number of esters is 2. The lowest BCUT2D eigenvalue weighted by Crippen LogP contribution is -2.58. The lowest BCUT2D eigenvalue weighted by atomic mass is 9.87. The van der Waals surface area contributed by atoms with Gasteiger partial charge in [-0.3, -0.25) is 4.90 Å². The van der Waals surface area contributed by atoms with Crippen molar-refractivity contribution in [3.63, 3.8) is 0 Å². The van der Waals surface area contributed by atoms with Gasteiger partial charge in [0.05, 0.1) is 6.61 Å². The fraction of sp³-hybridized carbons (Fsp3) is 0.955. The van der Waals surface area contributed by atoms with Gasteiger partial charge in [0.15, 0.2) is 20.2 Å². The van der Waals surface area contributed by atoms with Crippen LogP contribution in [-0.4, -0.2) is 105 Å². The Hall–Kier alpha value is -1.28. The van der Waals surface area contributed by atoms with Crippen molar-refractivity contribution in [2.45, 2.75) is 250 Å². The van der Waals surface area contributed by atoms with Crippen LogP contribution in [0.25, 0.3) is 0 Å². The monoisotopic (exact) mass is 802 g/mol.